The van der Waals surface area contributed by atoms with E-state index in [1.165, 1.54) is 0 Å². The van der Waals surface area contributed by atoms with E-state index in [4.69, 9.17) is 10.8 Å². The zero-order valence-corrected chi connectivity index (χ0v) is 7.25. The summed E-state index contributed by atoms with van der Waals surface area (Å²) in [5.74, 6) is 0. The maximum absolute atomic E-state index is 8.82. The molecular formula is C10H12N2O. The molecule has 0 radical (unpaired) electrons. The Labute approximate surface area is 76.2 Å². The van der Waals surface area contributed by atoms with Crippen molar-refractivity contribution >= 4 is 16.6 Å². The van der Waals surface area contributed by atoms with Crippen molar-refractivity contribution in [2.24, 2.45) is 0 Å². The third kappa shape index (κ3) is 1.38. The lowest BCUT2D eigenvalue weighted by Gasteiger charge is -1.96. The summed E-state index contributed by atoms with van der Waals surface area (Å²) in [4.78, 5) is 3.13. The monoisotopic (exact) mass is 176 g/mol. The highest BCUT2D eigenvalue weighted by atomic mass is 16.2. The molecule has 1 aromatic heterocycles. The molecule has 13 heavy (non-hydrogen) atoms. The Bertz CT molecular complexity index is 420. The number of nitrogen functional groups attached to an aromatic ring is 1. The van der Waals surface area contributed by atoms with E-state index in [2.05, 4.69) is 4.98 Å². The van der Waals surface area contributed by atoms with Crippen LogP contribution in [0.2, 0.25) is 0 Å². The Balaban J connectivity index is 2.58. The molecule has 0 unspecified atom stereocenters. The van der Waals surface area contributed by atoms with Crippen molar-refractivity contribution in [3.05, 3.63) is 30.0 Å². The number of aromatic amines is 1. The number of aliphatic hydroxyl groups is 1. The smallest absolute Gasteiger partial charge is 0.0472 e. The second-order valence-electron chi connectivity index (χ2n) is 3.09. The average molecular weight is 176 g/mol. The summed E-state index contributed by atoms with van der Waals surface area (Å²) < 4.78 is 0. The van der Waals surface area contributed by atoms with E-state index in [1.54, 1.807) is 0 Å². The lowest BCUT2D eigenvalue weighted by atomic mass is 10.1. The van der Waals surface area contributed by atoms with Crippen LogP contribution >= 0.6 is 0 Å². The van der Waals surface area contributed by atoms with Gasteiger partial charge in [-0.05, 0) is 30.2 Å². The number of aromatic nitrogens is 1. The van der Waals surface area contributed by atoms with Gasteiger partial charge in [-0.25, -0.2) is 0 Å². The van der Waals surface area contributed by atoms with Crippen molar-refractivity contribution < 1.29 is 5.11 Å². The molecule has 68 valence electrons. The number of aliphatic hydroxyl groups excluding tert-OH is 1. The summed E-state index contributed by atoms with van der Waals surface area (Å²) in [6.07, 6.45) is 2.59. The molecule has 0 spiro atoms. The molecule has 0 fully saturated rings. The first kappa shape index (κ1) is 8.13. The van der Waals surface area contributed by atoms with Gasteiger partial charge < -0.3 is 15.8 Å². The van der Waals surface area contributed by atoms with Gasteiger partial charge in [0.1, 0.15) is 0 Å². The van der Waals surface area contributed by atoms with Crippen molar-refractivity contribution in [1.29, 1.82) is 0 Å². The lowest BCUT2D eigenvalue weighted by molar-refractivity contribution is 0.300. The molecule has 4 N–H and O–H groups in total. The second kappa shape index (κ2) is 3.11. The first-order valence-corrected chi connectivity index (χ1v) is 4.27. The predicted molar refractivity (Wildman–Crippen MR) is 53.5 cm³/mol. The van der Waals surface area contributed by atoms with Gasteiger partial charge in [0.2, 0.25) is 0 Å². The molecule has 2 aromatic rings. The minimum absolute atomic E-state index is 0.168. The Hall–Kier alpha value is -1.48. The summed E-state index contributed by atoms with van der Waals surface area (Å²) in [6.45, 7) is 0.168. The molecule has 0 aliphatic carbocycles. The van der Waals surface area contributed by atoms with Gasteiger partial charge in [-0.15, -0.1) is 0 Å². The van der Waals surface area contributed by atoms with Crippen LogP contribution in [0.4, 0.5) is 5.69 Å². The molecule has 0 aliphatic rings. The Morgan fingerprint density at radius 3 is 3.00 bits per heavy atom. The molecule has 0 saturated carbocycles. The van der Waals surface area contributed by atoms with Gasteiger partial charge in [-0.3, -0.25) is 0 Å². The minimum Gasteiger partial charge on any atom is -0.399 e. The van der Waals surface area contributed by atoms with Gasteiger partial charge in [-0.2, -0.15) is 0 Å². The van der Waals surface area contributed by atoms with Crippen molar-refractivity contribution in [2.75, 3.05) is 12.3 Å². The van der Waals surface area contributed by atoms with Crippen molar-refractivity contribution in [3.8, 4) is 0 Å². The normalized spacial score (nSPS) is 10.8. The fourth-order valence-electron chi connectivity index (χ4n) is 1.52. The lowest BCUT2D eigenvalue weighted by Crippen LogP contribution is -1.89. The number of fused-ring (bicyclic) bond motifs is 1. The molecule has 3 nitrogen and oxygen atoms in total. The van der Waals surface area contributed by atoms with Crippen LogP contribution in [0.3, 0.4) is 0 Å². The fourth-order valence-corrected chi connectivity index (χ4v) is 1.52. The van der Waals surface area contributed by atoms with Crippen LogP contribution in [0, 0.1) is 0 Å². The molecule has 1 aromatic carbocycles. The highest BCUT2D eigenvalue weighted by Crippen LogP contribution is 2.20. The topological polar surface area (TPSA) is 62.0 Å². The van der Waals surface area contributed by atoms with Gasteiger partial charge in [0.05, 0.1) is 0 Å². The number of rotatable bonds is 2. The third-order valence-corrected chi connectivity index (χ3v) is 2.17. The highest BCUT2D eigenvalue weighted by molar-refractivity contribution is 5.86. The first-order chi connectivity index (χ1) is 6.31. The maximum Gasteiger partial charge on any atom is 0.0472 e. The molecule has 3 heteroatoms. The Morgan fingerprint density at radius 2 is 2.23 bits per heavy atom. The Kier molecular flexibility index (Phi) is 1.94. The first-order valence-electron chi connectivity index (χ1n) is 4.27. The zero-order chi connectivity index (χ0) is 9.26. The molecule has 0 aliphatic heterocycles. The number of hydrogen-bond donors (Lipinski definition) is 3. The number of nitrogens with two attached hydrogens (primary N) is 1. The van der Waals surface area contributed by atoms with Crippen LogP contribution in [0.1, 0.15) is 5.56 Å². The van der Waals surface area contributed by atoms with E-state index in [0.717, 1.165) is 22.2 Å². The summed E-state index contributed by atoms with van der Waals surface area (Å²) in [5.41, 5.74) is 8.61. The van der Waals surface area contributed by atoms with E-state index in [9.17, 15) is 0 Å². The van der Waals surface area contributed by atoms with Gasteiger partial charge >= 0.3 is 0 Å². The summed E-state index contributed by atoms with van der Waals surface area (Å²) in [7, 11) is 0. The molecule has 0 amide bonds. The van der Waals surface area contributed by atoms with Crippen molar-refractivity contribution in [1.82, 2.24) is 4.98 Å². The fraction of sp³-hybridized carbons (Fsp3) is 0.200. The van der Waals surface area contributed by atoms with Gasteiger partial charge in [0, 0.05) is 29.4 Å². The maximum atomic E-state index is 8.82. The standard InChI is InChI=1S/C10H12N2O/c11-8-1-2-10-9(5-8)7(3-4-13)6-12-10/h1-2,5-6,12-13H,3-4,11H2. The molecule has 0 bridgehead atoms. The second-order valence-corrected chi connectivity index (χ2v) is 3.09. The molecule has 0 atom stereocenters. The third-order valence-electron chi connectivity index (χ3n) is 2.17. The van der Waals surface area contributed by atoms with E-state index >= 15 is 0 Å². The largest absolute Gasteiger partial charge is 0.399 e. The number of anilines is 1. The SMILES string of the molecule is Nc1ccc2[nH]cc(CCO)c2c1. The highest BCUT2D eigenvalue weighted by Gasteiger charge is 2.02. The summed E-state index contributed by atoms with van der Waals surface area (Å²) in [6, 6.07) is 5.74. The number of hydrogen-bond acceptors (Lipinski definition) is 2. The van der Waals surface area contributed by atoms with E-state index in [0.29, 0.717) is 6.42 Å². The molecule has 2 rings (SSSR count). The number of H-pyrrole nitrogens is 1. The van der Waals surface area contributed by atoms with Crippen LogP contribution in [-0.4, -0.2) is 16.7 Å². The van der Waals surface area contributed by atoms with Gasteiger partial charge in [0.15, 0.2) is 0 Å². The number of benzene rings is 1. The van der Waals surface area contributed by atoms with Gasteiger partial charge in [0.25, 0.3) is 0 Å². The molecule has 1 heterocycles. The number of nitrogens with one attached hydrogen (secondary N) is 1. The predicted octanol–water partition coefficient (Wildman–Crippen LogP) is 1.28. The summed E-state index contributed by atoms with van der Waals surface area (Å²) in [5, 5.41) is 9.93. The average Bonchev–Trinajstić information content (AvgIpc) is 2.49. The van der Waals surface area contributed by atoms with Crippen LogP contribution < -0.4 is 5.73 Å². The van der Waals surface area contributed by atoms with E-state index < -0.39 is 0 Å². The minimum atomic E-state index is 0.168. The van der Waals surface area contributed by atoms with Crippen molar-refractivity contribution in [2.45, 2.75) is 6.42 Å². The Morgan fingerprint density at radius 1 is 1.38 bits per heavy atom. The molecule has 0 saturated heterocycles. The van der Waals surface area contributed by atoms with E-state index in [1.807, 2.05) is 24.4 Å². The van der Waals surface area contributed by atoms with Crippen LogP contribution in [0.15, 0.2) is 24.4 Å². The van der Waals surface area contributed by atoms with Crippen LogP contribution in [0.5, 0.6) is 0 Å². The molecular weight excluding hydrogens is 164 g/mol. The van der Waals surface area contributed by atoms with Crippen LogP contribution in [-0.2, 0) is 6.42 Å². The quantitative estimate of drug-likeness (QED) is 0.604. The van der Waals surface area contributed by atoms with E-state index in [-0.39, 0.29) is 6.61 Å². The summed E-state index contributed by atoms with van der Waals surface area (Å²) >= 11 is 0. The van der Waals surface area contributed by atoms with Crippen molar-refractivity contribution in [3.63, 3.8) is 0 Å². The van der Waals surface area contributed by atoms with Gasteiger partial charge in [-0.1, -0.05) is 0 Å². The zero-order valence-electron chi connectivity index (χ0n) is 7.25. The van der Waals surface area contributed by atoms with Crippen LogP contribution in [0.25, 0.3) is 10.9 Å².